The molecule has 1 heterocycles. The van der Waals surface area contributed by atoms with E-state index in [0.717, 1.165) is 21.6 Å². The van der Waals surface area contributed by atoms with Gasteiger partial charge >= 0.3 is 5.97 Å². The monoisotopic (exact) mass is 342 g/mol. The number of esters is 1. The molecule has 2 aromatic rings. The second-order valence-corrected chi connectivity index (χ2v) is 7.34. The molecule has 1 aliphatic rings. The molecule has 0 N–H and O–H groups in total. The van der Waals surface area contributed by atoms with Gasteiger partial charge in [0.25, 0.3) is 0 Å². The number of halogens is 1. The van der Waals surface area contributed by atoms with Crippen LogP contribution in [0.2, 0.25) is 0 Å². The Kier molecular flexibility index (Phi) is 4.50. The highest BCUT2D eigenvalue weighted by Crippen LogP contribution is 2.34. The Morgan fingerprint density at radius 2 is 1.88 bits per heavy atom. The molecule has 2 nitrogen and oxygen atoms in total. The first-order valence-electron chi connectivity index (χ1n) is 7.76. The third-order valence-electron chi connectivity index (χ3n) is 3.99. The first-order chi connectivity index (χ1) is 11.4. The van der Waals surface area contributed by atoms with Crippen molar-refractivity contribution in [3.05, 3.63) is 59.4 Å². The number of hydrogen-bond donors (Lipinski definition) is 0. The molecule has 0 bridgehead atoms. The quantitative estimate of drug-likeness (QED) is 0.429. The van der Waals surface area contributed by atoms with Crippen LogP contribution >= 0.6 is 11.8 Å². The van der Waals surface area contributed by atoms with Crippen LogP contribution in [-0.4, -0.2) is 17.8 Å². The van der Waals surface area contributed by atoms with E-state index in [1.807, 2.05) is 38.3 Å². The maximum absolute atomic E-state index is 13.2. The number of thioether (sulfide) groups is 1. The van der Waals surface area contributed by atoms with E-state index in [1.165, 1.54) is 12.1 Å². The van der Waals surface area contributed by atoms with Crippen molar-refractivity contribution in [2.75, 3.05) is 6.26 Å². The first kappa shape index (κ1) is 16.8. The Bertz CT molecular complexity index is 807. The van der Waals surface area contributed by atoms with E-state index < -0.39 is 5.60 Å². The topological polar surface area (TPSA) is 26.3 Å². The average molecular weight is 342 g/mol. The molecule has 0 spiro atoms. The van der Waals surface area contributed by atoms with Gasteiger partial charge in [0.1, 0.15) is 11.4 Å². The van der Waals surface area contributed by atoms with E-state index in [4.69, 9.17) is 4.74 Å². The fraction of sp³-hybridized carbons (Fsp3) is 0.250. The lowest BCUT2D eigenvalue weighted by atomic mass is 9.95. The van der Waals surface area contributed by atoms with Crippen molar-refractivity contribution in [3.8, 4) is 11.1 Å². The minimum absolute atomic E-state index is 0.263. The SMILES string of the molecule is CSc1ccc(C=C2CC(C)(C)OC2=O)c(-c2ccc(F)cc2)c1. The molecule has 124 valence electrons. The number of hydrogen-bond acceptors (Lipinski definition) is 3. The number of benzene rings is 2. The van der Waals surface area contributed by atoms with E-state index in [2.05, 4.69) is 6.07 Å². The second-order valence-electron chi connectivity index (χ2n) is 6.46. The van der Waals surface area contributed by atoms with Gasteiger partial charge in [0, 0.05) is 16.9 Å². The summed E-state index contributed by atoms with van der Waals surface area (Å²) < 4.78 is 18.6. The van der Waals surface area contributed by atoms with Gasteiger partial charge in [-0.15, -0.1) is 11.8 Å². The summed E-state index contributed by atoms with van der Waals surface area (Å²) >= 11 is 1.65. The van der Waals surface area contributed by atoms with E-state index in [-0.39, 0.29) is 11.8 Å². The average Bonchev–Trinajstić information content (AvgIpc) is 2.80. The standard InChI is InChI=1S/C20H19FO2S/c1-20(2)12-15(19(22)23-20)10-14-6-9-17(24-3)11-18(14)13-4-7-16(21)8-5-13/h4-11H,12H2,1-3H3. The number of carbonyl (C=O) groups excluding carboxylic acids is 1. The van der Waals surface area contributed by atoms with Crippen LogP contribution in [0, 0.1) is 5.82 Å². The molecule has 1 fully saturated rings. The summed E-state index contributed by atoms with van der Waals surface area (Å²) in [4.78, 5) is 13.2. The van der Waals surface area contributed by atoms with Crippen LogP contribution in [0.25, 0.3) is 17.2 Å². The van der Waals surface area contributed by atoms with Gasteiger partial charge < -0.3 is 4.74 Å². The molecular weight excluding hydrogens is 323 g/mol. The van der Waals surface area contributed by atoms with Crippen molar-refractivity contribution in [2.24, 2.45) is 0 Å². The first-order valence-corrected chi connectivity index (χ1v) is 8.98. The van der Waals surface area contributed by atoms with Crippen LogP contribution in [0.1, 0.15) is 25.8 Å². The molecule has 0 amide bonds. The predicted molar refractivity (Wildman–Crippen MR) is 96.4 cm³/mol. The molecule has 0 atom stereocenters. The lowest BCUT2D eigenvalue weighted by molar-refractivity contribution is -0.143. The van der Waals surface area contributed by atoms with Crippen molar-refractivity contribution in [1.82, 2.24) is 0 Å². The molecule has 0 aliphatic carbocycles. The highest BCUT2D eigenvalue weighted by molar-refractivity contribution is 7.98. The Labute approximate surface area is 145 Å². The van der Waals surface area contributed by atoms with Crippen LogP contribution in [-0.2, 0) is 9.53 Å². The summed E-state index contributed by atoms with van der Waals surface area (Å²) in [6, 6.07) is 12.5. The van der Waals surface area contributed by atoms with E-state index in [0.29, 0.717) is 12.0 Å². The number of cyclic esters (lactones) is 1. The second kappa shape index (κ2) is 6.44. The molecule has 0 unspecified atom stereocenters. The molecule has 1 saturated heterocycles. The zero-order valence-corrected chi connectivity index (χ0v) is 14.7. The van der Waals surface area contributed by atoms with Crippen LogP contribution < -0.4 is 0 Å². The van der Waals surface area contributed by atoms with Crippen molar-refractivity contribution in [1.29, 1.82) is 0 Å². The molecule has 4 heteroatoms. The summed E-state index contributed by atoms with van der Waals surface area (Å²) in [5.41, 5.74) is 3.04. The fourth-order valence-corrected chi connectivity index (χ4v) is 3.29. The number of carbonyl (C=O) groups is 1. The predicted octanol–water partition coefficient (Wildman–Crippen LogP) is 5.32. The zero-order valence-electron chi connectivity index (χ0n) is 13.9. The Balaban J connectivity index is 2.08. The fourth-order valence-electron chi connectivity index (χ4n) is 2.85. The lowest BCUT2D eigenvalue weighted by Gasteiger charge is -2.13. The Morgan fingerprint density at radius 3 is 2.46 bits per heavy atom. The molecule has 0 saturated carbocycles. The molecule has 3 rings (SSSR count). The van der Waals surface area contributed by atoms with Gasteiger partial charge in [-0.1, -0.05) is 18.2 Å². The van der Waals surface area contributed by atoms with Crippen LogP contribution in [0.4, 0.5) is 4.39 Å². The maximum Gasteiger partial charge on any atom is 0.334 e. The molecule has 2 aromatic carbocycles. The summed E-state index contributed by atoms with van der Waals surface area (Å²) in [6.07, 6.45) is 4.48. The summed E-state index contributed by atoms with van der Waals surface area (Å²) in [7, 11) is 0. The third kappa shape index (κ3) is 3.54. The molecule has 0 aromatic heterocycles. The number of ether oxygens (including phenoxy) is 1. The highest BCUT2D eigenvalue weighted by Gasteiger charge is 2.35. The smallest absolute Gasteiger partial charge is 0.334 e. The zero-order chi connectivity index (χ0) is 17.3. The van der Waals surface area contributed by atoms with Crippen molar-refractivity contribution in [2.45, 2.75) is 30.8 Å². The molecular formula is C20H19FO2S. The van der Waals surface area contributed by atoms with Gasteiger partial charge in [-0.2, -0.15) is 0 Å². The van der Waals surface area contributed by atoms with Gasteiger partial charge in [-0.25, -0.2) is 9.18 Å². The molecule has 0 radical (unpaired) electrons. The van der Waals surface area contributed by atoms with Gasteiger partial charge in [-0.05, 0) is 67.1 Å². The highest BCUT2D eigenvalue weighted by atomic mass is 32.2. The van der Waals surface area contributed by atoms with E-state index in [1.54, 1.807) is 23.9 Å². The van der Waals surface area contributed by atoms with Crippen LogP contribution in [0.3, 0.4) is 0 Å². The van der Waals surface area contributed by atoms with E-state index >= 15 is 0 Å². The van der Waals surface area contributed by atoms with Gasteiger partial charge in [-0.3, -0.25) is 0 Å². The van der Waals surface area contributed by atoms with E-state index in [9.17, 15) is 9.18 Å². The van der Waals surface area contributed by atoms with Crippen LogP contribution in [0.15, 0.2) is 52.9 Å². The minimum Gasteiger partial charge on any atom is -0.456 e. The third-order valence-corrected chi connectivity index (χ3v) is 4.72. The van der Waals surface area contributed by atoms with Crippen molar-refractivity contribution < 1.29 is 13.9 Å². The Morgan fingerprint density at radius 1 is 1.17 bits per heavy atom. The summed E-state index contributed by atoms with van der Waals surface area (Å²) in [6.45, 7) is 3.81. The Hall–Kier alpha value is -2.07. The van der Waals surface area contributed by atoms with Gasteiger partial charge in [0.2, 0.25) is 0 Å². The maximum atomic E-state index is 13.2. The lowest BCUT2D eigenvalue weighted by Crippen LogP contribution is -2.17. The number of rotatable bonds is 3. The summed E-state index contributed by atoms with van der Waals surface area (Å²) in [5, 5.41) is 0. The molecule has 24 heavy (non-hydrogen) atoms. The van der Waals surface area contributed by atoms with Gasteiger partial charge in [0.05, 0.1) is 0 Å². The molecule has 1 aliphatic heterocycles. The largest absolute Gasteiger partial charge is 0.456 e. The van der Waals surface area contributed by atoms with Crippen molar-refractivity contribution in [3.63, 3.8) is 0 Å². The summed E-state index contributed by atoms with van der Waals surface area (Å²) in [5.74, 6) is -0.528. The van der Waals surface area contributed by atoms with Crippen LogP contribution in [0.5, 0.6) is 0 Å². The minimum atomic E-state index is -0.460. The van der Waals surface area contributed by atoms with Gasteiger partial charge in [0.15, 0.2) is 0 Å². The van der Waals surface area contributed by atoms with Crippen molar-refractivity contribution >= 4 is 23.8 Å². The normalized spacial score (nSPS) is 18.0.